The number of aromatic amines is 1. The van der Waals surface area contributed by atoms with E-state index in [1.807, 2.05) is 24.3 Å². The lowest BCUT2D eigenvalue weighted by Gasteiger charge is -2.09. The Kier molecular flexibility index (Phi) is 2.96. The zero-order valence-corrected chi connectivity index (χ0v) is 9.87. The van der Waals surface area contributed by atoms with Crippen molar-refractivity contribution in [3.05, 3.63) is 24.3 Å². The second kappa shape index (κ2) is 4.75. The van der Waals surface area contributed by atoms with Crippen LogP contribution < -0.4 is 10.6 Å². The molecule has 0 unspecified atom stereocenters. The zero-order chi connectivity index (χ0) is 11.5. The molecule has 0 spiro atoms. The standard InChI is InChI=1S/C13H18N4/c1-2-6-12-11(5-1)16-13(17-12)15-9-7-10-4-3-8-14-10/h1-2,5-6,10,14H,3-4,7-9H2,(H2,15,16,17)/t10-/m0/s1. The van der Waals surface area contributed by atoms with Crippen LogP contribution in [-0.4, -0.2) is 29.1 Å². The summed E-state index contributed by atoms with van der Waals surface area (Å²) in [6.45, 7) is 2.15. The predicted molar refractivity (Wildman–Crippen MR) is 70.2 cm³/mol. The maximum Gasteiger partial charge on any atom is 0.201 e. The van der Waals surface area contributed by atoms with Crippen molar-refractivity contribution in [1.82, 2.24) is 15.3 Å². The molecule has 0 aliphatic carbocycles. The van der Waals surface area contributed by atoms with Gasteiger partial charge in [0.1, 0.15) is 0 Å². The van der Waals surface area contributed by atoms with Gasteiger partial charge in [0.05, 0.1) is 11.0 Å². The third kappa shape index (κ3) is 2.42. The fraction of sp³-hybridized carbons (Fsp3) is 0.462. The minimum absolute atomic E-state index is 0.687. The van der Waals surface area contributed by atoms with E-state index in [0.717, 1.165) is 29.9 Å². The molecule has 1 aliphatic rings. The highest BCUT2D eigenvalue weighted by Crippen LogP contribution is 2.14. The molecule has 0 amide bonds. The van der Waals surface area contributed by atoms with Gasteiger partial charge < -0.3 is 15.6 Å². The molecule has 0 radical (unpaired) electrons. The SMILES string of the molecule is c1ccc2[nH]c(NCC[C@@H]3CCCN3)nc2c1. The van der Waals surface area contributed by atoms with E-state index in [4.69, 9.17) is 0 Å². The van der Waals surface area contributed by atoms with E-state index in [1.165, 1.54) is 19.4 Å². The quantitative estimate of drug-likeness (QED) is 0.754. The zero-order valence-electron chi connectivity index (χ0n) is 9.87. The number of benzene rings is 1. The molecule has 1 atom stereocenters. The lowest BCUT2D eigenvalue weighted by molar-refractivity contribution is 0.574. The maximum atomic E-state index is 4.49. The van der Waals surface area contributed by atoms with Crippen LogP contribution in [0.3, 0.4) is 0 Å². The number of aromatic nitrogens is 2. The third-order valence-electron chi connectivity index (χ3n) is 3.34. The summed E-state index contributed by atoms with van der Waals surface area (Å²) >= 11 is 0. The average molecular weight is 230 g/mol. The number of hydrogen-bond acceptors (Lipinski definition) is 3. The molecule has 2 heterocycles. The fourth-order valence-electron chi connectivity index (χ4n) is 2.40. The highest BCUT2D eigenvalue weighted by molar-refractivity contribution is 5.77. The van der Waals surface area contributed by atoms with E-state index in [0.29, 0.717) is 6.04 Å². The van der Waals surface area contributed by atoms with Crippen molar-refractivity contribution >= 4 is 17.0 Å². The summed E-state index contributed by atoms with van der Waals surface area (Å²) in [6, 6.07) is 8.79. The molecule has 1 aliphatic heterocycles. The van der Waals surface area contributed by atoms with Gasteiger partial charge in [0.2, 0.25) is 5.95 Å². The van der Waals surface area contributed by atoms with Crippen molar-refractivity contribution in [3.63, 3.8) is 0 Å². The molecule has 90 valence electrons. The normalized spacial score (nSPS) is 19.9. The van der Waals surface area contributed by atoms with Gasteiger partial charge in [-0.3, -0.25) is 0 Å². The van der Waals surface area contributed by atoms with Crippen LogP contribution in [0.1, 0.15) is 19.3 Å². The van der Waals surface area contributed by atoms with E-state index < -0.39 is 0 Å². The Morgan fingerprint density at radius 2 is 2.29 bits per heavy atom. The van der Waals surface area contributed by atoms with Crippen LogP contribution in [0, 0.1) is 0 Å². The van der Waals surface area contributed by atoms with Crippen molar-refractivity contribution < 1.29 is 0 Å². The van der Waals surface area contributed by atoms with Crippen LogP contribution in [0.15, 0.2) is 24.3 Å². The molecule has 1 saturated heterocycles. The van der Waals surface area contributed by atoms with Crippen LogP contribution in [0.25, 0.3) is 11.0 Å². The molecular formula is C13H18N4. The van der Waals surface area contributed by atoms with Gasteiger partial charge in [-0.25, -0.2) is 4.98 Å². The summed E-state index contributed by atoms with van der Waals surface area (Å²) < 4.78 is 0. The highest BCUT2D eigenvalue weighted by Gasteiger charge is 2.13. The van der Waals surface area contributed by atoms with Gasteiger partial charge in [-0.1, -0.05) is 12.1 Å². The Hall–Kier alpha value is -1.55. The Labute approximate surface area is 101 Å². The Balaban J connectivity index is 1.57. The van der Waals surface area contributed by atoms with Gasteiger partial charge in [0, 0.05) is 12.6 Å². The number of nitrogens with zero attached hydrogens (tertiary/aromatic N) is 1. The number of para-hydroxylation sites is 2. The number of anilines is 1. The number of rotatable bonds is 4. The van der Waals surface area contributed by atoms with Crippen molar-refractivity contribution in [2.45, 2.75) is 25.3 Å². The van der Waals surface area contributed by atoms with Crippen LogP contribution in [0.2, 0.25) is 0 Å². The minimum atomic E-state index is 0.687. The van der Waals surface area contributed by atoms with Crippen LogP contribution in [0.5, 0.6) is 0 Å². The molecule has 0 bridgehead atoms. The number of nitrogens with one attached hydrogen (secondary N) is 3. The van der Waals surface area contributed by atoms with Crippen LogP contribution >= 0.6 is 0 Å². The molecule has 4 heteroatoms. The Bertz CT molecular complexity index is 452. The molecule has 1 fully saturated rings. The smallest absolute Gasteiger partial charge is 0.201 e. The average Bonchev–Trinajstić information content (AvgIpc) is 2.96. The monoisotopic (exact) mass is 230 g/mol. The van der Waals surface area contributed by atoms with E-state index in [9.17, 15) is 0 Å². The lowest BCUT2D eigenvalue weighted by atomic mass is 10.2. The predicted octanol–water partition coefficient (Wildman–Crippen LogP) is 2.12. The molecule has 1 aromatic heterocycles. The van der Waals surface area contributed by atoms with Gasteiger partial charge in [0.25, 0.3) is 0 Å². The first-order valence-electron chi connectivity index (χ1n) is 6.34. The number of fused-ring (bicyclic) bond motifs is 1. The summed E-state index contributed by atoms with van der Waals surface area (Å²) in [6.07, 6.45) is 3.79. The van der Waals surface area contributed by atoms with E-state index in [1.54, 1.807) is 0 Å². The van der Waals surface area contributed by atoms with Gasteiger partial charge in [0.15, 0.2) is 0 Å². The summed E-state index contributed by atoms with van der Waals surface area (Å²) in [4.78, 5) is 7.77. The largest absolute Gasteiger partial charge is 0.356 e. The van der Waals surface area contributed by atoms with Crippen LogP contribution in [0.4, 0.5) is 5.95 Å². The number of hydrogen-bond donors (Lipinski definition) is 3. The van der Waals surface area contributed by atoms with Gasteiger partial charge in [-0.15, -0.1) is 0 Å². The van der Waals surface area contributed by atoms with Crippen molar-refractivity contribution in [2.75, 3.05) is 18.4 Å². The van der Waals surface area contributed by atoms with E-state index in [-0.39, 0.29) is 0 Å². The molecule has 17 heavy (non-hydrogen) atoms. The molecule has 4 nitrogen and oxygen atoms in total. The molecule has 3 rings (SSSR count). The van der Waals surface area contributed by atoms with Crippen molar-refractivity contribution in [2.24, 2.45) is 0 Å². The summed E-state index contributed by atoms with van der Waals surface area (Å²) in [5, 5.41) is 6.85. The number of H-pyrrole nitrogens is 1. The minimum Gasteiger partial charge on any atom is -0.356 e. The number of imidazole rings is 1. The first-order chi connectivity index (χ1) is 8.42. The Morgan fingerprint density at radius 3 is 3.12 bits per heavy atom. The molecule has 0 saturated carbocycles. The highest BCUT2D eigenvalue weighted by atomic mass is 15.1. The van der Waals surface area contributed by atoms with Gasteiger partial charge in [-0.05, 0) is 37.9 Å². The third-order valence-corrected chi connectivity index (χ3v) is 3.34. The maximum absolute atomic E-state index is 4.49. The molecule has 2 aromatic rings. The summed E-state index contributed by atoms with van der Waals surface area (Å²) in [5.41, 5.74) is 2.11. The molecular weight excluding hydrogens is 212 g/mol. The first kappa shape index (κ1) is 10.6. The fourth-order valence-corrected chi connectivity index (χ4v) is 2.40. The Morgan fingerprint density at radius 1 is 1.35 bits per heavy atom. The molecule has 3 N–H and O–H groups in total. The van der Waals surface area contributed by atoms with Crippen molar-refractivity contribution in [1.29, 1.82) is 0 Å². The van der Waals surface area contributed by atoms with E-state index in [2.05, 4.69) is 20.6 Å². The lowest BCUT2D eigenvalue weighted by Crippen LogP contribution is -2.24. The van der Waals surface area contributed by atoms with E-state index >= 15 is 0 Å². The summed E-state index contributed by atoms with van der Waals surface area (Å²) in [7, 11) is 0. The van der Waals surface area contributed by atoms with Crippen molar-refractivity contribution in [3.8, 4) is 0 Å². The second-order valence-electron chi connectivity index (χ2n) is 4.61. The topological polar surface area (TPSA) is 52.7 Å². The first-order valence-corrected chi connectivity index (χ1v) is 6.34. The second-order valence-corrected chi connectivity index (χ2v) is 4.61. The van der Waals surface area contributed by atoms with Gasteiger partial charge in [-0.2, -0.15) is 0 Å². The molecule has 1 aromatic carbocycles. The summed E-state index contributed by atoms with van der Waals surface area (Å²) in [5.74, 6) is 0.879. The van der Waals surface area contributed by atoms with Crippen LogP contribution in [-0.2, 0) is 0 Å². The van der Waals surface area contributed by atoms with Gasteiger partial charge >= 0.3 is 0 Å².